The van der Waals surface area contributed by atoms with Crippen LogP contribution in [0.2, 0.25) is 0 Å². The number of ether oxygens (including phenoxy) is 1. The van der Waals surface area contributed by atoms with Crippen molar-refractivity contribution in [2.45, 2.75) is 25.8 Å². The molecule has 7 heteroatoms. The molecule has 1 aromatic carbocycles. The topological polar surface area (TPSA) is 84.7 Å². The molecule has 0 radical (unpaired) electrons. The summed E-state index contributed by atoms with van der Waals surface area (Å²) in [6.45, 7) is 2.03. The molecular formula is C20H25N3O4. The number of nitrogens with one attached hydrogen (secondary N) is 1. The van der Waals surface area contributed by atoms with Crippen LogP contribution in [0, 0.1) is 0 Å². The van der Waals surface area contributed by atoms with Gasteiger partial charge in [0.25, 0.3) is 11.8 Å². The molecule has 144 valence electrons. The average molecular weight is 371 g/mol. The lowest BCUT2D eigenvalue weighted by molar-refractivity contribution is -0.130. The quantitative estimate of drug-likeness (QED) is 0.732. The van der Waals surface area contributed by atoms with Gasteiger partial charge >= 0.3 is 0 Å². The van der Waals surface area contributed by atoms with Gasteiger partial charge < -0.3 is 19.5 Å². The van der Waals surface area contributed by atoms with Gasteiger partial charge in [0.2, 0.25) is 0 Å². The Labute approximate surface area is 159 Å². The van der Waals surface area contributed by atoms with E-state index in [1.165, 1.54) is 12.0 Å². The molecular weight excluding hydrogens is 346 g/mol. The van der Waals surface area contributed by atoms with Crippen LogP contribution in [0.25, 0.3) is 0 Å². The second kappa shape index (κ2) is 10.3. The average Bonchev–Trinajstić information content (AvgIpc) is 3.14. The Morgan fingerprint density at radius 3 is 2.74 bits per heavy atom. The molecule has 2 rings (SSSR count). The summed E-state index contributed by atoms with van der Waals surface area (Å²) in [4.78, 5) is 26.4. The molecule has 0 aliphatic rings. The maximum atomic E-state index is 12.5. The maximum Gasteiger partial charge on any atom is 0.274 e. The third kappa shape index (κ3) is 6.07. The third-order valence-electron chi connectivity index (χ3n) is 3.86. The lowest BCUT2D eigenvalue weighted by Gasteiger charge is -2.21. The van der Waals surface area contributed by atoms with E-state index in [0.717, 1.165) is 12.0 Å². The van der Waals surface area contributed by atoms with Crippen molar-refractivity contribution in [2.75, 3.05) is 20.8 Å². The smallest absolute Gasteiger partial charge is 0.274 e. The number of rotatable bonds is 9. The molecule has 0 saturated heterocycles. The number of nitrogens with zero attached hydrogens (tertiary/aromatic N) is 2. The highest BCUT2D eigenvalue weighted by molar-refractivity contribution is 5.96. The van der Waals surface area contributed by atoms with E-state index >= 15 is 0 Å². The SMILES string of the molecule is CC/C=C/N(C)C(=O)[C@H](COC)NC(=O)c1cc(Cc2ccccc2)on1. The standard InChI is InChI=1S/C20H25N3O4/c1-4-5-11-23(2)20(25)18(14-26-3)21-19(24)17-13-16(27-22-17)12-15-9-7-6-8-10-15/h5-11,13,18H,4,12,14H2,1-3H3,(H,21,24)/b11-5+/t18-/m0/s1. The summed E-state index contributed by atoms with van der Waals surface area (Å²) in [5.41, 5.74) is 1.18. The Morgan fingerprint density at radius 2 is 2.07 bits per heavy atom. The molecule has 0 unspecified atom stereocenters. The number of likely N-dealkylation sites (N-methyl/N-ethyl adjacent to an activating group) is 1. The molecule has 0 saturated carbocycles. The number of hydrogen-bond acceptors (Lipinski definition) is 5. The van der Waals surface area contributed by atoms with E-state index in [9.17, 15) is 9.59 Å². The number of amides is 2. The highest BCUT2D eigenvalue weighted by Crippen LogP contribution is 2.11. The van der Waals surface area contributed by atoms with Crippen molar-refractivity contribution in [2.24, 2.45) is 0 Å². The summed E-state index contributed by atoms with van der Waals surface area (Å²) in [5.74, 6) is -0.187. The summed E-state index contributed by atoms with van der Waals surface area (Å²) >= 11 is 0. The first kappa shape index (κ1) is 20.4. The molecule has 2 amide bonds. The molecule has 0 aliphatic carbocycles. The highest BCUT2D eigenvalue weighted by Gasteiger charge is 2.25. The van der Waals surface area contributed by atoms with Gasteiger partial charge in [-0.25, -0.2) is 0 Å². The summed E-state index contributed by atoms with van der Waals surface area (Å²) in [5, 5.41) is 6.47. The molecule has 1 atom stereocenters. The zero-order chi connectivity index (χ0) is 19.6. The van der Waals surface area contributed by atoms with Crippen LogP contribution in [0.1, 0.15) is 35.2 Å². The number of allylic oxidation sites excluding steroid dienone is 1. The van der Waals surface area contributed by atoms with Gasteiger partial charge in [0.1, 0.15) is 11.8 Å². The van der Waals surface area contributed by atoms with E-state index in [1.54, 1.807) is 19.3 Å². The summed E-state index contributed by atoms with van der Waals surface area (Å²) < 4.78 is 10.3. The van der Waals surface area contributed by atoms with E-state index < -0.39 is 11.9 Å². The molecule has 1 aromatic heterocycles. The van der Waals surface area contributed by atoms with Gasteiger partial charge in [-0.3, -0.25) is 9.59 Å². The fourth-order valence-electron chi connectivity index (χ4n) is 2.46. The van der Waals surface area contributed by atoms with Gasteiger partial charge in [-0.15, -0.1) is 0 Å². The number of aromatic nitrogens is 1. The fourth-order valence-corrected chi connectivity index (χ4v) is 2.46. The van der Waals surface area contributed by atoms with Gasteiger partial charge in [0.05, 0.1) is 6.61 Å². The first-order chi connectivity index (χ1) is 13.0. The summed E-state index contributed by atoms with van der Waals surface area (Å²) in [6.07, 6.45) is 4.87. The first-order valence-electron chi connectivity index (χ1n) is 8.77. The van der Waals surface area contributed by atoms with Crippen molar-refractivity contribution in [3.63, 3.8) is 0 Å². The van der Waals surface area contributed by atoms with Crippen molar-refractivity contribution in [3.8, 4) is 0 Å². The Kier molecular flexibility index (Phi) is 7.76. The summed E-state index contributed by atoms with van der Waals surface area (Å²) in [7, 11) is 3.11. The van der Waals surface area contributed by atoms with Crippen LogP contribution in [0.5, 0.6) is 0 Å². The van der Waals surface area contributed by atoms with Crippen molar-refractivity contribution >= 4 is 11.8 Å². The van der Waals surface area contributed by atoms with E-state index in [-0.39, 0.29) is 18.2 Å². The Bertz CT molecular complexity index is 771. The molecule has 1 N–H and O–H groups in total. The third-order valence-corrected chi connectivity index (χ3v) is 3.86. The fraction of sp³-hybridized carbons (Fsp3) is 0.350. The van der Waals surface area contributed by atoms with Crippen molar-refractivity contribution in [1.82, 2.24) is 15.4 Å². The molecule has 0 aliphatic heterocycles. The predicted octanol–water partition coefficient (Wildman–Crippen LogP) is 2.39. The van der Waals surface area contributed by atoms with Gasteiger partial charge in [-0.05, 0) is 12.0 Å². The second-order valence-corrected chi connectivity index (χ2v) is 6.06. The molecule has 2 aromatic rings. The van der Waals surface area contributed by atoms with E-state index in [4.69, 9.17) is 9.26 Å². The van der Waals surface area contributed by atoms with Gasteiger partial charge in [0, 0.05) is 32.8 Å². The van der Waals surface area contributed by atoms with Crippen molar-refractivity contribution in [3.05, 3.63) is 65.7 Å². The molecule has 7 nitrogen and oxygen atoms in total. The van der Waals surface area contributed by atoms with Gasteiger partial charge in [-0.2, -0.15) is 0 Å². The minimum Gasteiger partial charge on any atom is -0.382 e. The van der Waals surface area contributed by atoms with Crippen molar-refractivity contribution in [1.29, 1.82) is 0 Å². The first-order valence-corrected chi connectivity index (χ1v) is 8.77. The summed E-state index contributed by atoms with van der Waals surface area (Å²) in [6, 6.07) is 10.5. The van der Waals surface area contributed by atoms with E-state index in [0.29, 0.717) is 12.2 Å². The van der Waals surface area contributed by atoms with Crippen LogP contribution in [-0.2, 0) is 16.0 Å². The lowest BCUT2D eigenvalue weighted by Crippen LogP contribution is -2.48. The number of methoxy groups -OCH3 is 1. The Morgan fingerprint density at radius 1 is 1.33 bits per heavy atom. The van der Waals surface area contributed by atoms with E-state index in [1.807, 2.05) is 43.3 Å². The normalized spacial score (nSPS) is 12.1. The Hall–Kier alpha value is -2.93. The molecule has 1 heterocycles. The molecule has 0 spiro atoms. The molecule has 27 heavy (non-hydrogen) atoms. The van der Waals surface area contributed by atoms with Crippen molar-refractivity contribution < 1.29 is 18.8 Å². The number of hydrogen-bond donors (Lipinski definition) is 1. The second-order valence-electron chi connectivity index (χ2n) is 6.06. The zero-order valence-electron chi connectivity index (χ0n) is 15.8. The number of carbonyl (C=O) groups excluding carboxylic acids is 2. The van der Waals surface area contributed by atoms with Gasteiger partial charge in [0.15, 0.2) is 5.69 Å². The van der Waals surface area contributed by atoms with Crippen LogP contribution < -0.4 is 5.32 Å². The van der Waals surface area contributed by atoms with Crippen LogP contribution in [0.15, 0.2) is 53.2 Å². The van der Waals surface area contributed by atoms with Crippen LogP contribution >= 0.6 is 0 Å². The Balaban J connectivity index is 2.02. The number of carbonyl (C=O) groups is 2. The molecule has 0 fully saturated rings. The van der Waals surface area contributed by atoms with Crippen LogP contribution in [-0.4, -0.2) is 48.7 Å². The molecule has 0 bridgehead atoms. The predicted molar refractivity (Wildman–Crippen MR) is 101 cm³/mol. The minimum atomic E-state index is -0.816. The highest BCUT2D eigenvalue weighted by atomic mass is 16.5. The maximum absolute atomic E-state index is 12.5. The number of benzene rings is 1. The minimum absolute atomic E-state index is 0.0591. The largest absolute Gasteiger partial charge is 0.382 e. The monoisotopic (exact) mass is 371 g/mol. The van der Waals surface area contributed by atoms with Crippen LogP contribution in [0.3, 0.4) is 0 Å². The lowest BCUT2D eigenvalue weighted by atomic mass is 10.1. The van der Waals surface area contributed by atoms with Gasteiger partial charge in [-0.1, -0.05) is 48.5 Å². The zero-order valence-corrected chi connectivity index (χ0v) is 15.8. The van der Waals surface area contributed by atoms with Crippen LogP contribution in [0.4, 0.5) is 0 Å². The van der Waals surface area contributed by atoms with E-state index in [2.05, 4.69) is 10.5 Å².